The summed E-state index contributed by atoms with van der Waals surface area (Å²) in [5, 5.41) is 3.01. The Hall–Kier alpha value is -1.85. The van der Waals surface area contributed by atoms with Crippen LogP contribution in [-0.2, 0) is 11.2 Å². The predicted octanol–water partition coefficient (Wildman–Crippen LogP) is 4.05. The number of halogens is 2. The quantitative estimate of drug-likeness (QED) is 0.840. The fourth-order valence-corrected chi connectivity index (χ4v) is 3.45. The summed E-state index contributed by atoms with van der Waals surface area (Å²) in [7, 11) is 0. The first kappa shape index (κ1) is 17.0. The van der Waals surface area contributed by atoms with Crippen molar-refractivity contribution in [3.05, 3.63) is 28.8 Å². The molecule has 1 aromatic rings. The summed E-state index contributed by atoms with van der Waals surface area (Å²) in [6.45, 7) is 7.01. The third-order valence-corrected chi connectivity index (χ3v) is 4.60. The van der Waals surface area contributed by atoms with Gasteiger partial charge in [-0.05, 0) is 52.0 Å². The number of carbonyl (C=O) groups excluding carboxylic acids is 1. The van der Waals surface area contributed by atoms with E-state index in [1.54, 1.807) is 4.90 Å². The van der Waals surface area contributed by atoms with Gasteiger partial charge in [0, 0.05) is 36.4 Å². The van der Waals surface area contributed by atoms with Crippen molar-refractivity contribution in [2.24, 2.45) is 0 Å². The molecule has 24 heavy (non-hydrogen) atoms. The Balaban J connectivity index is 1.71. The number of rotatable bonds is 1. The number of ether oxygens (including phenoxy) is 1. The van der Waals surface area contributed by atoms with Crippen molar-refractivity contribution in [3.8, 4) is 0 Å². The lowest BCUT2D eigenvalue weighted by Crippen LogP contribution is -2.41. The SMILES string of the molecule is CC(C)(C)OC(=O)N1CCC(c2c(F)cc3c(c2F)CCN3)CC1. The third-order valence-electron chi connectivity index (χ3n) is 4.60. The number of amides is 1. The molecule has 0 unspecified atom stereocenters. The number of fused-ring (bicyclic) bond motifs is 1. The lowest BCUT2D eigenvalue weighted by atomic mass is 9.87. The predicted molar refractivity (Wildman–Crippen MR) is 88.3 cm³/mol. The molecule has 0 radical (unpaired) electrons. The lowest BCUT2D eigenvalue weighted by molar-refractivity contribution is 0.0204. The number of carbonyl (C=O) groups is 1. The van der Waals surface area contributed by atoms with Crippen molar-refractivity contribution in [2.75, 3.05) is 25.0 Å². The van der Waals surface area contributed by atoms with Gasteiger partial charge < -0.3 is 15.0 Å². The molecule has 0 aliphatic carbocycles. The molecule has 0 saturated carbocycles. The van der Waals surface area contributed by atoms with Gasteiger partial charge in [-0.3, -0.25) is 0 Å². The zero-order valence-corrected chi connectivity index (χ0v) is 14.4. The van der Waals surface area contributed by atoms with E-state index < -0.39 is 17.2 Å². The molecular weight excluding hydrogens is 314 g/mol. The Kier molecular flexibility index (Phi) is 4.40. The number of nitrogens with one attached hydrogen (secondary N) is 1. The zero-order valence-electron chi connectivity index (χ0n) is 14.4. The highest BCUT2D eigenvalue weighted by atomic mass is 19.1. The largest absolute Gasteiger partial charge is 0.444 e. The molecule has 1 fully saturated rings. The summed E-state index contributed by atoms with van der Waals surface area (Å²) in [5.74, 6) is -1.10. The zero-order chi connectivity index (χ0) is 17.5. The summed E-state index contributed by atoms with van der Waals surface area (Å²) < 4.78 is 34.5. The van der Waals surface area contributed by atoms with Gasteiger partial charge in [0.15, 0.2) is 0 Å². The third kappa shape index (κ3) is 3.32. The summed E-state index contributed by atoms with van der Waals surface area (Å²) in [4.78, 5) is 13.7. The standard InChI is InChI=1S/C18H24F2N2O2/c1-18(2,3)24-17(23)22-8-5-11(6-9-22)15-13(19)10-14-12(16(15)20)4-7-21-14/h10-11,21H,4-9H2,1-3H3. The highest BCUT2D eigenvalue weighted by Gasteiger charge is 2.32. The minimum atomic E-state index is -0.543. The van der Waals surface area contributed by atoms with E-state index in [-0.39, 0.29) is 17.6 Å². The highest BCUT2D eigenvalue weighted by Crippen LogP contribution is 2.37. The average molecular weight is 338 g/mol. The van der Waals surface area contributed by atoms with Crippen LogP contribution in [0.15, 0.2) is 6.07 Å². The average Bonchev–Trinajstić information content (AvgIpc) is 2.94. The summed E-state index contributed by atoms with van der Waals surface area (Å²) in [6.07, 6.45) is 1.31. The monoisotopic (exact) mass is 338 g/mol. The molecule has 1 aromatic carbocycles. The molecule has 4 nitrogen and oxygen atoms in total. The Morgan fingerprint density at radius 1 is 1.29 bits per heavy atom. The van der Waals surface area contributed by atoms with E-state index in [1.807, 2.05) is 20.8 Å². The maximum absolute atomic E-state index is 14.7. The number of piperidine rings is 1. The van der Waals surface area contributed by atoms with Crippen LogP contribution in [0.2, 0.25) is 0 Å². The molecule has 0 spiro atoms. The first-order chi connectivity index (χ1) is 11.3. The number of anilines is 1. The van der Waals surface area contributed by atoms with Gasteiger partial charge in [-0.25, -0.2) is 13.6 Å². The van der Waals surface area contributed by atoms with Crippen molar-refractivity contribution in [1.82, 2.24) is 4.90 Å². The second-order valence-electron chi connectivity index (χ2n) is 7.53. The molecule has 6 heteroatoms. The van der Waals surface area contributed by atoms with Crippen LogP contribution in [0.4, 0.5) is 19.3 Å². The highest BCUT2D eigenvalue weighted by molar-refractivity contribution is 5.68. The summed E-state index contributed by atoms with van der Waals surface area (Å²) in [5.41, 5.74) is 0.793. The van der Waals surface area contributed by atoms with Gasteiger partial charge in [0.2, 0.25) is 0 Å². The molecule has 0 aromatic heterocycles. The Labute approximate surface area is 141 Å². The Morgan fingerprint density at radius 2 is 1.96 bits per heavy atom. The van der Waals surface area contributed by atoms with E-state index >= 15 is 0 Å². The normalized spacial score (nSPS) is 18.3. The second-order valence-corrected chi connectivity index (χ2v) is 7.53. The van der Waals surface area contributed by atoms with Gasteiger partial charge in [-0.1, -0.05) is 0 Å². The van der Waals surface area contributed by atoms with Crippen LogP contribution in [0.1, 0.15) is 50.7 Å². The minimum absolute atomic E-state index is 0.182. The van der Waals surface area contributed by atoms with Crippen LogP contribution in [0.5, 0.6) is 0 Å². The van der Waals surface area contributed by atoms with Crippen molar-refractivity contribution in [2.45, 2.75) is 51.6 Å². The van der Waals surface area contributed by atoms with Crippen molar-refractivity contribution >= 4 is 11.8 Å². The number of hydrogen-bond donors (Lipinski definition) is 1. The number of benzene rings is 1. The molecule has 1 amide bonds. The number of likely N-dealkylation sites (tertiary alicyclic amines) is 1. The molecule has 0 atom stereocenters. The summed E-state index contributed by atoms with van der Waals surface area (Å²) in [6, 6.07) is 1.40. The molecule has 1 N–H and O–H groups in total. The molecule has 2 aliphatic rings. The van der Waals surface area contributed by atoms with Crippen LogP contribution in [0.3, 0.4) is 0 Å². The van der Waals surface area contributed by atoms with Gasteiger partial charge in [0.25, 0.3) is 0 Å². The van der Waals surface area contributed by atoms with Crippen LogP contribution in [0.25, 0.3) is 0 Å². The van der Waals surface area contributed by atoms with Crippen LogP contribution in [0, 0.1) is 11.6 Å². The van der Waals surface area contributed by atoms with Gasteiger partial charge in [-0.15, -0.1) is 0 Å². The van der Waals surface area contributed by atoms with Crippen molar-refractivity contribution in [3.63, 3.8) is 0 Å². The maximum atomic E-state index is 14.7. The Bertz CT molecular complexity index is 647. The molecule has 1 saturated heterocycles. The van der Waals surface area contributed by atoms with Crippen LogP contribution >= 0.6 is 0 Å². The van der Waals surface area contributed by atoms with Gasteiger partial charge in [0.1, 0.15) is 17.2 Å². The van der Waals surface area contributed by atoms with Crippen molar-refractivity contribution < 1.29 is 18.3 Å². The minimum Gasteiger partial charge on any atom is -0.444 e. The van der Waals surface area contributed by atoms with Gasteiger partial charge >= 0.3 is 6.09 Å². The molecule has 3 rings (SSSR count). The number of nitrogens with zero attached hydrogens (tertiary/aromatic N) is 1. The first-order valence-corrected chi connectivity index (χ1v) is 8.49. The van der Waals surface area contributed by atoms with Gasteiger partial charge in [0.05, 0.1) is 0 Å². The molecule has 0 bridgehead atoms. The Morgan fingerprint density at radius 3 is 2.58 bits per heavy atom. The van der Waals surface area contributed by atoms with E-state index in [0.717, 1.165) is 0 Å². The van der Waals surface area contributed by atoms with Crippen LogP contribution in [-0.4, -0.2) is 36.2 Å². The number of hydrogen-bond acceptors (Lipinski definition) is 3. The lowest BCUT2D eigenvalue weighted by Gasteiger charge is -2.34. The van der Waals surface area contributed by atoms with E-state index in [0.29, 0.717) is 50.1 Å². The second kappa shape index (κ2) is 6.22. The summed E-state index contributed by atoms with van der Waals surface area (Å²) >= 11 is 0. The molecular formula is C18H24F2N2O2. The fraction of sp³-hybridized carbons (Fsp3) is 0.611. The van der Waals surface area contributed by atoms with E-state index in [2.05, 4.69) is 5.32 Å². The van der Waals surface area contributed by atoms with E-state index in [1.165, 1.54) is 6.07 Å². The fourth-order valence-electron chi connectivity index (χ4n) is 3.45. The maximum Gasteiger partial charge on any atom is 0.410 e. The smallest absolute Gasteiger partial charge is 0.410 e. The molecule has 2 aliphatic heterocycles. The molecule has 2 heterocycles. The van der Waals surface area contributed by atoms with E-state index in [4.69, 9.17) is 4.74 Å². The van der Waals surface area contributed by atoms with Crippen LogP contribution < -0.4 is 5.32 Å². The van der Waals surface area contributed by atoms with Gasteiger partial charge in [-0.2, -0.15) is 0 Å². The van der Waals surface area contributed by atoms with Crippen molar-refractivity contribution in [1.29, 1.82) is 0 Å². The molecule has 132 valence electrons. The first-order valence-electron chi connectivity index (χ1n) is 8.49. The van der Waals surface area contributed by atoms with E-state index in [9.17, 15) is 13.6 Å². The topological polar surface area (TPSA) is 41.6 Å².